The van der Waals surface area contributed by atoms with Gasteiger partial charge in [-0.1, -0.05) is 12.2 Å². The third-order valence-corrected chi connectivity index (χ3v) is 3.26. The third kappa shape index (κ3) is 2.91. The summed E-state index contributed by atoms with van der Waals surface area (Å²) in [6.07, 6.45) is 0. The molecule has 1 aliphatic heterocycles. The lowest BCUT2D eigenvalue weighted by atomic mass is 10.3. The first kappa shape index (κ1) is 12.9. The smallest absolute Gasteiger partial charge is 0.327 e. The molecule has 16 heavy (non-hydrogen) atoms. The summed E-state index contributed by atoms with van der Waals surface area (Å²) in [5.41, 5.74) is 0.870. The van der Waals surface area contributed by atoms with Gasteiger partial charge in [0, 0.05) is 19.3 Å². The summed E-state index contributed by atoms with van der Waals surface area (Å²) >= 11 is 1.46. The maximum Gasteiger partial charge on any atom is 0.327 e. The molecule has 5 nitrogen and oxygen atoms in total. The molecule has 1 atom stereocenters. The molecule has 0 aromatic rings. The molecule has 1 rings (SSSR count). The highest BCUT2D eigenvalue weighted by Crippen LogP contribution is 2.22. The molecule has 90 valence electrons. The molecular weight excluding hydrogens is 228 g/mol. The van der Waals surface area contributed by atoms with Gasteiger partial charge in [-0.15, -0.1) is 11.8 Å². The minimum atomic E-state index is -0.943. The van der Waals surface area contributed by atoms with E-state index in [0.717, 1.165) is 5.57 Å². The predicted molar refractivity (Wildman–Crippen MR) is 63.4 cm³/mol. The van der Waals surface area contributed by atoms with Crippen LogP contribution in [0.1, 0.15) is 6.92 Å². The first-order valence-corrected chi connectivity index (χ1v) is 6.05. The second-order valence-corrected chi connectivity index (χ2v) is 4.92. The molecule has 2 amide bonds. The summed E-state index contributed by atoms with van der Waals surface area (Å²) in [6, 6.07) is -0.953. The van der Waals surface area contributed by atoms with Crippen LogP contribution in [0.25, 0.3) is 0 Å². The van der Waals surface area contributed by atoms with Crippen LogP contribution in [0.4, 0.5) is 4.79 Å². The number of urea groups is 1. The Bertz CT molecular complexity index is 319. The highest BCUT2D eigenvalue weighted by molar-refractivity contribution is 7.99. The van der Waals surface area contributed by atoms with Gasteiger partial charge in [0.1, 0.15) is 6.04 Å². The fraction of sp³-hybridized carbons (Fsp3) is 0.600. The molecule has 0 aliphatic carbocycles. The normalized spacial score (nSPS) is 19.6. The van der Waals surface area contributed by atoms with Crippen molar-refractivity contribution < 1.29 is 14.7 Å². The van der Waals surface area contributed by atoms with Crippen molar-refractivity contribution in [2.75, 3.05) is 25.2 Å². The van der Waals surface area contributed by atoms with Gasteiger partial charge in [0.2, 0.25) is 0 Å². The lowest BCUT2D eigenvalue weighted by molar-refractivity contribution is -0.140. The topological polar surface area (TPSA) is 60.9 Å². The van der Waals surface area contributed by atoms with Crippen LogP contribution in [0, 0.1) is 0 Å². The van der Waals surface area contributed by atoms with E-state index >= 15 is 0 Å². The Morgan fingerprint density at radius 2 is 2.25 bits per heavy atom. The molecule has 1 heterocycles. The van der Waals surface area contributed by atoms with Gasteiger partial charge < -0.3 is 14.9 Å². The average Bonchev–Trinajstić information content (AvgIpc) is 2.63. The summed E-state index contributed by atoms with van der Waals surface area (Å²) < 4.78 is 0. The highest BCUT2D eigenvalue weighted by atomic mass is 32.2. The Morgan fingerprint density at radius 1 is 1.62 bits per heavy atom. The zero-order valence-corrected chi connectivity index (χ0v) is 10.3. The van der Waals surface area contributed by atoms with Crippen molar-refractivity contribution in [3.8, 4) is 0 Å². The Balaban J connectivity index is 2.65. The highest BCUT2D eigenvalue weighted by Gasteiger charge is 2.35. The van der Waals surface area contributed by atoms with E-state index in [9.17, 15) is 9.59 Å². The first-order chi connectivity index (χ1) is 7.43. The molecule has 1 aliphatic rings. The Hall–Kier alpha value is -1.17. The maximum absolute atomic E-state index is 11.9. The van der Waals surface area contributed by atoms with E-state index in [4.69, 9.17) is 5.11 Å². The van der Waals surface area contributed by atoms with E-state index < -0.39 is 12.0 Å². The van der Waals surface area contributed by atoms with Crippen LogP contribution in [0.5, 0.6) is 0 Å². The van der Waals surface area contributed by atoms with Crippen LogP contribution in [0.3, 0.4) is 0 Å². The fourth-order valence-electron chi connectivity index (χ4n) is 1.53. The second kappa shape index (κ2) is 5.25. The number of hydrogen-bond acceptors (Lipinski definition) is 3. The zero-order valence-electron chi connectivity index (χ0n) is 9.47. The standard InChI is InChI=1S/C10H16N2O3S/c1-7(2)4-11(3)10(15)12-6-16-5-8(12)9(13)14/h8H,1,4-6H2,2-3H3,(H,13,14)/t8-/m0/s1. The molecule has 0 saturated carbocycles. The molecule has 0 unspecified atom stereocenters. The van der Waals surface area contributed by atoms with Crippen LogP contribution >= 0.6 is 11.8 Å². The van der Waals surface area contributed by atoms with E-state index in [0.29, 0.717) is 18.2 Å². The Labute approximate surface area is 99.1 Å². The van der Waals surface area contributed by atoms with Gasteiger partial charge in [-0.2, -0.15) is 0 Å². The van der Waals surface area contributed by atoms with Crippen molar-refractivity contribution in [2.24, 2.45) is 0 Å². The quantitative estimate of drug-likeness (QED) is 0.754. The van der Waals surface area contributed by atoms with Crippen molar-refractivity contribution >= 4 is 23.8 Å². The monoisotopic (exact) mass is 244 g/mol. The van der Waals surface area contributed by atoms with Crippen LogP contribution in [0.2, 0.25) is 0 Å². The summed E-state index contributed by atoms with van der Waals surface area (Å²) in [5.74, 6) is -0.0414. The zero-order chi connectivity index (χ0) is 12.3. The van der Waals surface area contributed by atoms with Crippen LogP contribution in [-0.2, 0) is 4.79 Å². The van der Waals surface area contributed by atoms with Crippen LogP contribution in [0.15, 0.2) is 12.2 Å². The Morgan fingerprint density at radius 3 is 2.75 bits per heavy atom. The van der Waals surface area contributed by atoms with E-state index in [1.165, 1.54) is 21.6 Å². The minimum Gasteiger partial charge on any atom is -0.480 e. The number of hydrogen-bond donors (Lipinski definition) is 1. The number of rotatable bonds is 3. The van der Waals surface area contributed by atoms with Gasteiger partial charge in [0.25, 0.3) is 0 Å². The number of aliphatic carboxylic acids is 1. The Kier molecular flexibility index (Phi) is 4.23. The van der Waals surface area contributed by atoms with E-state index in [1.807, 2.05) is 6.92 Å². The molecule has 6 heteroatoms. The van der Waals surface area contributed by atoms with E-state index in [-0.39, 0.29) is 6.03 Å². The molecule has 1 saturated heterocycles. The molecule has 0 bridgehead atoms. The van der Waals surface area contributed by atoms with Crippen LogP contribution < -0.4 is 0 Å². The molecule has 0 aromatic carbocycles. The third-order valence-electron chi connectivity index (χ3n) is 2.25. The van der Waals surface area contributed by atoms with Gasteiger partial charge >= 0.3 is 12.0 Å². The first-order valence-electron chi connectivity index (χ1n) is 4.90. The maximum atomic E-state index is 11.9. The lowest BCUT2D eigenvalue weighted by Crippen LogP contribution is -2.47. The number of nitrogens with zero attached hydrogens (tertiary/aromatic N) is 2. The van der Waals surface area contributed by atoms with Gasteiger partial charge in [0.15, 0.2) is 0 Å². The van der Waals surface area contributed by atoms with Gasteiger partial charge in [-0.3, -0.25) is 0 Å². The second-order valence-electron chi connectivity index (χ2n) is 3.92. The summed E-state index contributed by atoms with van der Waals surface area (Å²) in [7, 11) is 1.65. The number of carbonyl (C=O) groups is 2. The minimum absolute atomic E-state index is 0.250. The van der Waals surface area contributed by atoms with Gasteiger partial charge in [-0.25, -0.2) is 9.59 Å². The van der Waals surface area contributed by atoms with Crippen LogP contribution in [-0.4, -0.2) is 58.2 Å². The average molecular weight is 244 g/mol. The number of carboxylic acids is 1. The summed E-state index contributed by atoms with van der Waals surface area (Å²) in [5, 5.41) is 8.95. The van der Waals surface area contributed by atoms with Crippen molar-refractivity contribution in [3.63, 3.8) is 0 Å². The van der Waals surface area contributed by atoms with Crippen molar-refractivity contribution in [1.82, 2.24) is 9.80 Å². The van der Waals surface area contributed by atoms with E-state index in [2.05, 4.69) is 6.58 Å². The van der Waals surface area contributed by atoms with E-state index in [1.54, 1.807) is 7.05 Å². The van der Waals surface area contributed by atoms with Crippen molar-refractivity contribution in [1.29, 1.82) is 0 Å². The number of carbonyl (C=O) groups excluding carboxylic acids is 1. The molecule has 0 aromatic heterocycles. The summed E-state index contributed by atoms with van der Waals surface area (Å²) in [4.78, 5) is 25.7. The molecule has 1 N–H and O–H groups in total. The van der Waals surface area contributed by atoms with Gasteiger partial charge in [-0.05, 0) is 6.92 Å². The number of carboxylic acid groups (broad SMARTS) is 1. The van der Waals surface area contributed by atoms with Crippen molar-refractivity contribution in [2.45, 2.75) is 13.0 Å². The molecular formula is C10H16N2O3S. The largest absolute Gasteiger partial charge is 0.480 e. The molecule has 0 radical (unpaired) electrons. The molecule has 0 spiro atoms. The molecule has 1 fully saturated rings. The van der Waals surface area contributed by atoms with Gasteiger partial charge in [0.05, 0.1) is 5.88 Å². The fourth-order valence-corrected chi connectivity index (χ4v) is 2.67. The number of amides is 2. The predicted octanol–water partition coefficient (Wildman–Crippen LogP) is 1.07. The number of likely N-dealkylation sites (N-methyl/N-ethyl adjacent to an activating group) is 1. The van der Waals surface area contributed by atoms with Crippen molar-refractivity contribution in [3.05, 3.63) is 12.2 Å². The SMILES string of the molecule is C=C(C)CN(C)C(=O)N1CSC[C@H]1C(=O)O. The summed E-state index contributed by atoms with van der Waals surface area (Å²) in [6.45, 7) is 6.01. The lowest BCUT2D eigenvalue weighted by Gasteiger charge is -2.26. The number of thioether (sulfide) groups is 1.